The molecule has 3 N–H and O–H groups in total. The van der Waals surface area contributed by atoms with E-state index in [9.17, 15) is 0 Å². The lowest BCUT2D eigenvalue weighted by atomic mass is 10.1. The van der Waals surface area contributed by atoms with Crippen molar-refractivity contribution in [3.63, 3.8) is 0 Å². The van der Waals surface area contributed by atoms with E-state index in [1.807, 2.05) is 24.5 Å². The van der Waals surface area contributed by atoms with Gasteiger partial charge in [-0.15, -0.1) is 11.8 Å². The van der Waals surface area contributed by atoms with Gasteiger partial charge < -0.3 is 15.7 Å². The average Bonchev–Trinajstić information content (AvgIpc) is 2.38. The van der Waals surface area contributed by atoms with Crippen LogP contribution < -0.4 is 10.6 Å². The first-order valence-electron chi connectivity index (χ1n) is 6.37. The van der Waals surface area contributed by atoms with E-state index >= 15 is 0 Å². The summed E-state index contributed by atoms with van der Waals surface area (Å²) in [6.07, 6.45) is 2.76. The molecule has 106 valence electrons. The monoisotopic (exact) mass is 298 g/mol. The normalized spacial score (nSPS) is 10.8. The molecular formula is C14H22N2OS2. The highest BCUT2D eigenvalue weighted by Crippen LogP contribution is 2.30. The van der Waals surface area contributed by atoms with Crippen molar-refractivity contribution in [1.29, 1.82) is 0 Å². The van der Waals surface area contributed by atoms with Crippen LogP contribution >= 0.6 is 24.0 Å². The molecule has 0 saturated carbocycles. The molecule has 0 aliphatic rings. The summed E-state index contributed by atoms with van der Waals surface area (Å²) in [7, 11) is 0. The fourth-order valence-electron chi connectivity index (χ4n) is 2.07. The maximum absolute atomic E-state index is 9.04. The number of nitrogens with two attached hydrogens (primary N) is 1. The minimum atomic E-state index is 0.188. The van der Waals surface area contributed by atoms with E-state index in [1.165, 1.54) is 0 Å². The summed E-state index contributed by atoms with van der Waals surface area (Å²) < 4.78 is 0. The summed E-state index contributed by atoms with van der Waals surface area (Å²) in [5, 5.41) is 9.04. The Morgan fingerprint density at radius 1 is 1.47 bits per heavy atom. The van der Waals surface area contributed by atoms with Crippen LogP contribution in [0.15, 0.2) is 23.1 Å². The summed E-state index contributed by atoms with van der Waals surface area (Å²) in [4.78, 5) is 3.76. The Morgan fingerprint density at radius 2 is 2.16 bits per heavy atom. The number of aliphatic hydroxyl groups excluding tert-OH is 1. The van der Waals surface area contributed by atoms with Crippen molar-refractivity contribution in [2.24, 2.45) is 5.73 Å². The third-order valence-corrected chi connectivity index (χ3v) is 3.94. The van der Waals surface area contributed by atoms with Gasteiger partial charge in [0.05, 0.1) is 0 Å². The van der Waals surface area contributed by atoms with Crippen molar-refractivity contribution >= 4 is 34.7 Å². The molecule has 0 saturated heterocycles. The molecule has 0 amide bonds. The molecule has 0 aliphatic carbocycles. The molecular weight excluding hydrogens is 276 g/mol. The third kappa shape index (κ3) is 4.09. The fraction of sp³-hybridized carbons (Fsp3) is 0.500. The number of thiocarbonyl (C=S) groups is 1. The third-order valence-electron chi connectivity index (χ3n) is 2.96. The smallest absolute Gasteiger partial charge is 0.107 e. The van der Waals surface area contributed by atoms with Crippen molar-refractivity contribution < 1.29 is 5.11 Å². The number of anilines is 1. The Morgan fingerprint density at radius 3 is 2.63 bits per heavy atom. The standard InChI is InChI=1S/C14H22N2OS2/c1-10(2)16(8-5-9-17)11-6-4-7-12(19-3)13(11)14(15)18/h4,6-7,10,17H,5,8-9H2,1-3H3,(H2,15,18). The quantitative estimate of drug-likeness (QED) is 0.599. The van der Waals surface area contributed by atoms with Gasteiger partial charge >= 0.3 is 0 Å². The predicted octanol–water partition coefficient (Wildman–Crippen LogP) is 2.64. The molecule has 1 aromatic carbocycles. The summed E-state index contributed by atoms with van der Waals surface area (Å²) >= 11 is 6.86. The first-order chi connectivity index (χ1) is 9.02. The van der Waals surface area contributed by atoms with E-state index in [1.54, 1.807) is 11.8 Å². The second-order valence-corrected chi connectivity index (χ2v) is 5.87. The molecule has 0 radical (unpaired) electrons. The Labute approximate surface area is 125 Å². The van der Waals surface area contributed by atoms with E-state index in [4.69, 9.17) is 23.1 Å². The van der Waals surface area contributed by atoms with Gasteiger partial charge in [0.25, 0.3) is 0 Å². The van der Waals surface area contributed by atoms with Gasteiger partial charge in [-0.3, -0.25) is 0 Å². The lowest BCUT2D eigenvalue weighted by Gasteiger charge is -2.31. The van der Waals surface area contributed by atoms with Crippen LogP contribution in [0.25, 0.3) is 0 Å². The van der Waals surface area contributed by atoms with Crippen molar-refractivity contribution in [2.45, 2.75) is 31.2 Å². The Balaban J connectivity index is 3.25. The van der Waals surface area contributed by atoms with Crippen LogP contribution in [0, 0.1) is 0 Å². The van der Waals surface area contributed by atoms with Gasteiger partial charge in [-0.25, -0.2) is 0 Å². The largest absolute Gasteiger partial charge is 0.396 e. The lowest BCUT2D eigenvalue weighted by molar-refractivity contribution is 0.288. The Bertz CT molecular complexity index is 435. The molecule has 0 fully saturated rings. The molecule has 3 nitrogen and oxygen atoms in total. The number of hydrogen-bond acceptors (Lipinski definition) is 4. The minimum absolute atomic E-state index is 0.188. The highest BCUT2D eigenvalue weighted by Gasteiger charge is 2.18. The van der Waals surface area contributed by atoms with Gasteiger partial charge in [0.2, 0.25) is 0 Å². The zero-order chi connectivity index (χ0) is 14.4. The van der Waals surface area contributed by atoms with Gasteiger partial charge in [-0.2, -0.15) is 0 Å². The fourth-order valence-corrected chi connectivity index (χ4v) is 2.99. The van der Waals surface area contributed by atoms with Crippen LogP contribution in [0.5, 0.6) is 0 Å². The molecule has 1 rings (SSSR count). The zero-order valence-corrected chi connectivity index (χ0v) is 13.4. The van der Waals surface area contributed by atoms with Crippen molar-refractivity contribution in [3.8, 4) is 0 Å². The molecule has 1 aromatic rings. The van der Waals surface area contributed by atoms with E-state index < -0.39 is 0 Å². The number of hydrogen-bond donors (Lipinski definition) is 2. The van der Waals surface area contributed by atoms with Crippen LogP contribution in [0.3, 0.4) is 0 Å². The summed E-state index contributed by atoms with van der Waals surface area (Å²) in [5.74, 6) is 0. The molecule has 0 spiro atoms. The number of thioether (sulfide) groups is 1. The molecule has 0 bridgehead atoms. The van der Waals surface area contributed by atoms with E-state index in [0.717, 1.165) is 29.1 Å². The van der Waals surface area contributed by atoms with Gasteiger partial charge in [0.15, 0.2) is 0 Å². The SMILES string of the molecule is CSc1cccc(N(CCCO)C(C)C)c1C(N)=S. The average molecular weight is 298 g/mol. The summed E-state index contributed by atoms with van der Waals surface area (Å²) in [6.45, 7) is 5.24. The van der Waals surface area contributed by atoms with Crippen molar-refractivity contribution in [2.75, 3.05) is 24.3 Å². The molecule has 0 aromatic heterocycles. The van der Waals surface area contributed by atoms with E-state index in [0.29, 0.717) is 11.0 Å². The number of benzene rings is 1. The molecule has 0 unspecified atom stereocenters. The number of aliphatic hydroxyl groups is 1. The molecule has 0 aliphatic heterocycles. The zero-order valence-electron chi connectivity index (χ0n) is 11.7. The van der Waals surface area contributed by atoms with Crippen LogP contribution in [-0.2, 0) is 0 Å². The first kappa shape index (κ1) is 16.3. The second-order valence-electron chi connectivity index (χ2n) is 4.58. The Hall–Kier alpha value is -0.780. The van der Waals surface area contributed by atoms with Gasteiger partial charge in [0, 0.05) is 35.3 Å². The van der Waals surface area contributed by atoms with E-state index in [2.05, 4.69) is 18.7 Å². The van der Waals surface area contributed by atoms with Gasteiger partial charge in [-0.05, 0) is 38.7 Å². The maximum atomic E-state index is 9.04. The second kappa shape index (κ2) is 7.72. The van der Waals surface area contributed by atoms with E-state index in [-0.39, 0.29) is 6.61 Å². The topological polar surface area (TPSA) is 49.5 Å². The van der Waals surface area contributed by atoms with Gasteiger partial charge in [-0.1, -0.05) is 18.3 Å². The summed E-state index contributed by atoms with van der Waals surface area (Å²) in [5.41, 5.74) is 7.90. The number of nitrogens with zero attached hydrogens (tertiary/aromatic N) is 1. The molecule has 19 heavy (non-hydrogen) atoms. The van der Waals surface area contributed by atoms with Crippen LogP contribution in [-0.4, -0.2) is 35.5 Å². The highest BCUT2D eigenvalue weighted by atomic mass is 32.2. The lowest BCUT2D eigenvalue weighted by Crippen LogP contribution is -2.34. The number of rotatable bonds is 7. The predicted molar refractivity (Wildman–Crippen MR) is 88.3 cm³/mol. The Kier molecular flexibility index (Phi) is 6.62. The highest BCUT2D eigenvalue weighted by molar-refractivity contribution is 7.98. The van der Waals surface area contributed by atoms with Gasteiger partial charge in [0.1, 0.15) is 4.99 Å². The summed E-state index contributed by atoms with van der Waals surface area (Å²) in [6, 6.07) is 6.44. The van der Waals surface area contributed by atoms with Crippen molar-refractivity contribution in [3.05, 3.63) is 23.8 Å². The van der Waals surface area contributed by atoms with Crippen LogP contribution in [0.2, 0.25) is 0 Å². The molecule has 5 heteroatoms. The molecule has 0 atom stereocenters. The van der Waals surface area contributed by atoms with Crippen molar-refractivity contribution in [1.82, 2.24) is 0 Å². The van der Waals surface area contributed by atoms with Crippen LogP contribution in [0.1, 0.15) is 25.8 Å². The first-order valence-corrected chi connectivity index (χ1v) is 8.00. The minimum Gasteiger partial charge on any atom is -0.396 e. The van der Waals surface area contributed by atoms with Crippen LogP contribution in [0.4, 0.5) is 5.69 Å². The molecule has 0 heterocycles. The maximum Gasteiger partial charge on any atom is 0.107 e.